The summed E-state index contributed by atoms with van der Waals surface area (Å²) < 4.78 is 22.5. The van der Waals surface area contributed by atoms with Crippen LogP contribution in [0.4, 0.5) is 5.69 Å². The molecule has 1 aromatic carbocycles. The van der Waals surface area contributed by atoms with E-state index in [4.69, 9.17) is 17.4 Å². The molecule has 5 nitrogen and oxygen atoms in total. The lowest BCUT2D eigenvalue weighted by Crippen LogP contribution is -2.41. The average molecular weight is 384 g/mol. The Hall–Kier alpha value is -1.18. The second-order valence-corrected chi connectivity index (χ2v) is 9.53. The topological polar surface area (TPSA) is 84.2 Å². The highest BCUT2D eigenvalue weighted by molar-refractivity contribution is 7.89. The van der Waals surface area contributed by atoms with Crippen molar-refractivity contribution in [1.29, 1.82) is 0 Å². The molecular weight excluding hydrogens is 354 g/mol. The van der Waals surface area contributed by atoms with Gasteiger partial charge in [0.2, 0.25) is 10.0 Å². The van der Waals surface area contributed by atoms with Gasteiger partial charge in [-0.25, -0.2) is 13.6 Å². The summed E-state index contributed by atoms with van der Waals surface area (Å²) in [6.45, 7) is 7.00. The molecule has 1 saturated carbocycles. The second kappa shape index (κ2) is 8.01. The van der Waals surface area contributed by atoms with Gasteiger partial charge < -0.3 is 10.6 Å². The van der Waals surface area contributed by atoms with Crippen molar-refractivity contribution < 1.29 is 8.42 Å². The van der Waals surface area contributed by atoms with Crippen molar-refractivity contribution in [3.8, 4) is 0 Å². The number of thiocarbonyl (C=S) groups is 1. The third kappa shape index (κ3) is 5.66. The van der Waals surface area contributed by atoms with Gasteiger partial charge in [-0.15, -0.1) is 0 Å². The Labute approximate surface area is 156 Å². The zero-order valence-corrected chi connectivity index (χ0v) is 16.8. The van der Waals surface area contributed by atoms with Gasteiger partial charge in [0.15, 0.2) is 5.11 Å². The molecule has 1 fully saturated rings. The molecule has 140 valence electrons. The van der Waals surface area contributed by atoms with E-state index in [0.717, 1.165) is 24.4 Å². The van der Waals surface area contributed by atoms with E-state index in [0.29, 0.717) is 16.6 Å². The highest BCUT2D eigenvalue weighted by Gasteiger charge is 2.31. The Morgan fingerprint density at radius 2 is 1.76 bits per heavy atom. The lowest BCUT2D eigenvalue weighted by Gasteiger charge is -2.39. The van der Waals surface area contributed by atoms with Gasteiger partial charge in [-0.2, -0.15) is 0 Å². The zero-order valence-electron chi connectivity index (χ0n) is 15.2. The van der Waals surface area contributed by atoms with Crippen LogP contribution < -0.4 is 15.8 Å². The number of benzene rings is 1. The summed E-state index contributed by atoms with van der Waals surface area (Å²) in [6.07, 6.45) is 5.92. The van der Waals surface area contributed by atoms with Crippen LogP contribution >= 0.6 is 12.2 Å². The first-order valence-electron chi connectivity index (χ1n) is 8.82. The lowest BCUT2D eigenvalue weighted by molar-refractivity contribution is 0.141. The molecule has 1 aliphatic carbocycles. The van der Waals surface area contributed by atoms with Crippen molar-refractivity contribution in [2.45, 2.75) is 63.8 Å². The molecule has 0 unspecified atom stereocenters. The van der Waals surface area contributed by atoms with Gasteiger partial charge in [0.1, 0.15) is 0 Å². The number of sulfonamides is 1. The molecule has 0 heterocycles. The van der Waals surface area contributed by atoms with Gasteiger partial charge in [-0.1, -0.05) is 27.2 Å². The summed E-state index contributed by atoms with van der Waals surface area (Å²) in [6, 6.07) is 6.66. The summed E-state index contributed by atoms with van der Waals surface area (Å²) in [5, 5.41) is 12.2. The minimum Gasteiger partial charge on any atom is -0.360 e. The van der Waals surface area contributed by atoms with Gasteiger partial charge >= 0.3 is 0 Å². The third-order valence-electron chi connectivity index (χ3n) is 5.52. The minimum atomic E-state index is -3.67. The summed E-state index contributed by atoms with van der Waals surface area (Å²) in [5.41, 5.74) is 1.15. The first-order chi connectivity index (χ1) is 11.6. The number of nitrogens with one attached hydrogen (secondary N) is 2. The largest absolute Gasteiger partial charge is 0.360 e. The fourth-order valence-corrected chi connectivity index (χ4v) is 4.19. The van der Waals surface area contributed by atoms with Crippen LogP contribution in [-0.4, -0.2) is 19.6 Å². The van der Waals surface area contributed by atoms with Crippen molar-refractivity contribution in [2.75, 3.05) is 5.32 Å². The smallest absolute Gasteiger partial charge is 0.238 e. The Kier molecular flexibility index (Phi) is 6.45. The van der Waals surface area contributed by atoms with Crippen molar-refractivity contribution in [2.24, 2.45) is 16.5 Å². The van der Waals surface area contributed by atoms with Gasteiger partial charge in [0.25, 0.3) is 0 Å². The van der Waals surface area contributed by atoms with E-state index >= 15 is 0 Å². The summed E-state index contributed by atoms with van der Waals surface area (Å²) in [7, 11) is -3.67. The van der Waals surface area contributed by atoms with Crippen molar-refractivity contribution in [1.82, 2.24) is 5.32 Å². The number of hydrogen-bond donors (Lipinski definition) is 3. The molecule has 0 saturated heterocycles. The normalized spacial score (nSPS) is 21.6. The van der Waals surface area contributed by atoms with Crippen molar-refractivity contribution in [3.63, 3.8) is 0 Å². The van der Waals surface area contributed by atoms with Crippen LogP contribution in [0.25, 0.3) is 0 Å². The SMILES string of the molecule is CCC(C)(C)C1CCC(NC(=S)Nc2ccc(S(N)(=O)=O)cc2)CC1. The maximum absolute atomic E-state index is 11.3. The van der Waals surface area contributed by atoms with Crippen LogP contribution in [0.2, 0.25) is 0 Å². The predicted molar refractivity (Wildman–Crippen MR) is 107 cm³/mol. The molecule has 0 aliphatic heterocycles. The molecule has 0 aromatic heterocycles. The van der Waals surface area contributed by atoms with E-state index in [1.54, 1.807) is 12.1 Å². The van der Waals surface area contributed by atoms with E-state index < -0.39 is 10.0 Å². The van der Waals surface area contributed by atoms with Crippen LogP contribution in [0.15, 0.2) is 29.2 Å². The number of primary sulfonamides is 1. The van der Waals surface area contributed by atoms with Crippen LogP contribution in [0, 0.1) is 11.3 Å². The Balaban J connectivity index is 1.83. The fourth-order valence-electron chi connectivity index (χ4n) is 3.39. The zero-order chi connectivity index (χ0) is 18.7. The Morgan fingerprint density at radius 1 is 1.20 bits per heavy atom. The van der Waals surface area contributed by atoms with E-state index in [1.165, 1.54) is 31.4 Å². The van der Waals surface area contributed by atoms with Crippen molar-refractivity contribution in [3.05, 3.63) is 24.3 Å². The lowest BCUT2D eigenvalue weighted by atomic mass is 9.69. The van der Waals surface area contributed by atoms with Gasteiger partial charge in [-0.05, 0) is 73.5 Å². The molecule has 7 heteroatoms. The Morgan fingerprint density at radius 3 is 2.24 bits per heavy atom. The summed E-state index contributed by atoms with van der Waals surface area (Å²) >= 11 is 5.38. The molecule has 4 N–H and O–H groups in total. The van der Waals surface area contributed by atoms with E-state index in [1.807, 2.05) is 0 Å². The van der Waals surface area contributed by atoms with E-state index in [2.05, 4.69) is 31.4 Å². The van der Waals surface area contributed by atoms with Gasteiger partial charge in [-0.3, -0.25) is 0 Å². The highest BCUT2D eigenvalue weighted by atomic mass is 32.2. The first-order valence-corrected chi connectivity index (χ1v) is 10.8. The van der Waals surface area contributed by atoms with Crippen LogP contribution in [-0.2, 0) is 10.0 Å². The molecule has 25 heavy (non-hydrogen) atoms. The molecular formula is C18H29N3O2S2. The number of rotatable bonds is 5. The molecule has 1 aromatic rings. The van der Waals surface area contributed by atoms with Crippen LogP contribution in [0.5, 0.6) is 0 Å². The third-order valence-corrected chi connectivity index (χ3v) is 6.67. The number of nitrogens with two attached hydrogens (primary N) is 1. The van der Waals surface area contributed by atoms with E-state index in [-0.39, 0.29) is 4.90 Å². The summed E-state index contributed by atoms with van der Waals surface area (Å²) in [5.74, 6) is 0.780. The fraction of sp³-hybridized carbons (Fsp3) is 0.611. The molecule has 1 aliphatic rings. The van der Waals surface area contributed by atoms with Crippen LogP contribution in [0.3, 0.4) is 0 Å². The van der Waals surface area contributed by atoms with Gasteiger partial charge in [0.05, 0.1) is 4.90 Å². The highest BCUT2D eigenvalue weighted by Crippen LogP contribution is 2.40. The molecule has 0 amide bonds. The standard InChI is InChI=1S/C18H29N3O2S2/c1-4-18(2,3)13-5-7-14(8-6-13)20-17(24)21-15-9-11-16(12-10-15)25(19,22)23/h9-14H,4-8H2,1-3H3,(H2,19,22,23)(H2,20,21,24). The van der Waals surface area contributed by atoms with E-state index in [9.17, 15) is 8.42 Å². The van der Waals surface area contributed by atoms with Crippen molar-refractivity contribution >= 4 is 33.0 Å². The average Bonchev–Trinajstić information content (AvgIpc) is 2.55. The quantitative estimate of drug-likeness (QED) is 0.676. The van der Waals surface area contributed by atoms with Crippen LogP contribution in [0.1, 0.15) is 52.9 Å². The molecule has 0 atom stereocenters. The first kappa shape index (κ1) is 20.1. The maximum Gasteiger partial charge on any atom is 0.238 e. The predicted octanol–water partition coefficient (Wildman–Crippen LogP) is 3.62. The van der Waals surface area contributed by atoms with Gasteiger partial charge in [0, 0.05) is 11.7 Å². The molecule has 0 spiro atoms. The monoisotopic (exact) mass is 383 g/mol. The summed E-state index contributed by atoms with van der Waals surface area (Å²) in [4.78, 5) is 0.0915. The Bertz CT molecular complexity index is 692. The number of hydrogen-bond acceptors (Lipinski definition) is 3. The second-order valence-electron chi connectivity index (χ2n) is 7.56. The minimum absolute atomic E-state index is 0.0915. The molecule has 0 radical (unpaired) electrons. The maximum atomic E-state index is 11.3. The molecule has 2 rings (SSSR count). The number of anilines is 1. The molecule has 0 bridgehead atoms.